The summed E-state index contributed by atoms with van der Waals surface area (Å²) in [6.45, 7) is 5.73. The fourth-order valence-electron chi connectivity index (χ4n) is 6.72. The molecule has 0 aliphatic heterocycles. The highest BCUT2D eigenvalue weighted by atomic mass is 16.4. The smallest absolute Gasteiger partial charge is 0.303 e. The fraction of sp³-hybridized carbons (Fsp3) is 0.872. The molecule has 0 saturated heterocycles. The van der Waals surface area contributed by atoms with Crippen LogP contribution in [0.25, 0.3) is 0 Å². The maximum atomic E-state index is 11.0. The first-order chi connectivity index (χ1) is 22.3. The molecule has 0 fully saturated rings. The zero-order chi connectivity index (χ0) is 34.0. The lowest BCUT2D eigenvalue weighted by Crippen LogP contribution is -2.51. The van der Waals surface area contributed by atoms with Crippen LogP contribution in [-0.4, -0.2) is 58.8 Å². The highest BCUT2D eigenvalue weighted by Gasteiger charge is 2.26. The number of hydrogen-bond acceptors (Lipinski definition) is 4. The first kappa shape index (κ1) is 44.1. The van der Waals surface area contributed by atoms with E-state index < -0.39 is 17.9 Å². The van der Waals surface area contributed by atoms with Crippen LogP contribution >= 0.6 is 0 Å². The molecule has 0 rings (SSSR count). The lowest BCUT2D eigenvalue weighted by atomic mass is 10.0. The third kappa shape index (κ3) is 32.1. The van der Waals surface area contributed by atoms with Crippen molar-refractivity contribution in [2.24, 2.45) is 0 Å². The second kappa shape index (κ2) is 33.0. The minimum atomic E-state index is -1.01. The Labute approximate surface area is 283 Å². The van der Waals surface area contributed by atoms with Crippen molar-refractivity contribution >= 4 is 17.9 Å². The molecule has 0 aromatic rings. The number of nitrogens with zero attached hydrogens (tertiary/aromatic N) is 1. The van der Waals surface area contributed by atoms with E-state index >= 15 is 0 Å². The van der Waals surface area contributed by atoms with Crippen molar-refractivity contribution in [1.29, 1.82) is 0 Å². The van der Waals surface area contributed by atoms with Crippen LogP contribution in [0.2, 0.25) is 0 Å². The van der Waals surface area contributed by atoms with E-state index in [0.29, 0.717) is 19.3 Å². The minimum absolute atomic E-state index is 0.0656. The molecule has 0 atom stereocenters. The molecule has 0 spiro atoms. The largest absolute Gasteiger partial charge is 0.550 e. The van der Waals surface area contributed by atoms with Gasteiger partial charge in [0, 0.05) is 18.8 Å². The van der Waals surface area contributed by atoms with E-state index in [1.54, 1.807) is 0 Å². The quantitative estimate of drug-likeness (QED) is 0.0393. The summed E-state index contributed by atoms with van der Waals surface area (Å²) in [5.41, 5.74) is 0. The number of hydrogen-bond donors (Lipinski definition) is 2. The molecule has 0 amide bonds. The van der Waals surface area contributed by atoms with Gasteiger partial charge in [-0.2, -0.15) is 0 Å². The number of aliphatic carboxylic acids is 3. The third-order valence-corrected chi connectivity index (χ3v) is 9.55. The molecule has 0 bridgehead atoms. The molecule has 0 unspecified atom stereocenters. The Morgan fingerprint density at radius 2 is 0.739 bits per heavy atom. The molecule has 270 valence electrons. The van der Waals surface area contributed by atoms with Crippen molar-refractivity contribution in [2.45, 2.75) is 193 Å². The van der Waals surface area contributed by atoms with E-state index in [2.05, 4.69) is 19.1 Å². The average molecular weight is 652 g/mol. The van der Waals surface area contributed by atoms with Crippen LogP contribution in [0.15, 0.2) is 12.2 Å². The van der Waals surface area contributed by atoms with Gasteiger partial charge in [0.15, 0.2) is 0 Å². The molecule has 0 heterocycles. The predicted molar refractivity (Wildman–Crippen MR) is 189 cm³/mol. The van der Waals surface area contributed by atoms with Gasteiger partial charge in [-0.1, -0.05) is 115 Å². The van der Waals surface area contributed by atoms with Gasteiger partial charge in [-0.15, -0.1) is 0 Å². The number of carboxylic acid groups (broad SMARTS) is 3. The van der Waals surface area contributed by atoms with Gasteiger partial charge in [-0.05, 0) is 77.6 Å². The Morgan fingerprint density at radius 1 is 0.457 bits per heavy atom. The summed E-state index contributed by atoms with van der Waals surface area (Å²) in [5.74, 6) is -2.56. The molecule has 0 radical (unpaired) electrons. The maximum Gasteiger partial charge on any atom is 0.303 e. The molecule has 2 N–H and O–H groups in total. The molecule has 7 nitrogen and oxygen atoms in total. The van der Waals surface area contributed by atoms with E-state index in [4.69, 9.17) is 10.2 Å². The zero-order valence-electron chi connectivity index (χ0n) is 30.0. The first-order valence-electron chi connectivity index (χ1n) is 19.4. The number of carboxylic acids is 3. The molecule has 0 aliphatic rings. The molecule has 0 saturated carbocycles. The lowest BCUT2D eigenvalue weighted by Gasteiger charge is -2.39. The van der Waals surface area contributed by atoms with E-state index in [-0.39, 0.29) is 19.3 Å². The summed E-state index contributed by atoms with van der Waals surface area (Å²) < 4.78 is 0.851. The Bertz CT molecular complexity index is 698. The highest BCUT2D eigenvalue weighted by Crippen LogP contribution is 2.20. The molecule has 0 aliphatic carbocycles. The van der Waals surface area contributed by atoms with Crippen LogP contribution in [0.1, 0.15) is 193 Å². The zero-order valence-corrected chi connectivity index (χ0v) is 30.0. The molecule has 46 heavy (non-hydrogen) atoms. The number of quaternary nitrogens is 1. The average Bonchev–Trinajstić information content (AvgIpc) is 3.02. The van der Waals surface area contributed by atoms with Gasteiger partial charge in [0.1, 0.15) is 0 Å². The highest BCUT2D eigenvalue weighted by molar-refractivity contribution is 5.66. The van der Waals surface area contributed by atoms with Crippen molar-refractivity contribution in [3.05, 3.63) is 12.2 Å². The molecular weight excluding hydrogens is 578 g/mol. The van der Waals surface area contributed by atoms with Gasteiger partial charge in [0.2, 0.25) is 0 Å². The van der Waals surface area contributed by atoms with Gasteiger partial charge in [-0.25, -0.2) is 0 Å². The Balaban J connectivity index is 4.12. The van der Waals surface area contributed by atoms with Crippen LogP contribution in [0.4, 0.5) is 0 Å². The third-order valence-electron chi connectivity index (χ3n) is 9.55. The van der Waals surface area contributed by atoms with Gasteiger partial charge in [0.05, 0.1) is 26.2 Å². The Hall–Kier alpha value is -1.89. The van der Waals surface area contributed by atoms with Crippen molar-refractivity contribution in [2.75, 3.05) is 26.2 Å². The van der Waals surface area contributed by atoms with Crippen molar-refractivity contribution in [3.63, 3.8) is 0 Å². The summed E-state index contributed by atoms with van der Waals surface area (Å²) in [4.78, 5) is 33.0. The van der Waals surface area contributed by atoms with Crippen LogP contribution in [0.3, 0.4) is 0 Å². The number of rotatable bonds is 37. The Morgan fingerprint density at radius 3 is 1.04 bits per heavy atom. The van der Waals surface area contributed by atoms with Crippen molar-refractivity contribution in [3.8, 4) is 0 Å². The fourth-order valence-corrected chi connectivity index (χ4v) is 6.72. The van der Waals surface area contributed by atoms with Crippen LogP contribution in [0, 0.1) is 0 Å². The van der Waals surface area contributed by atoms with E-state index in [1.807, 2.05) is 0 Å². The van der Waals surface area contributed by atoms with Gasteiger partial charge < -0.3 is 24.6 Å². The number of allylic oxidation sites excluding steroid dienone is 2. The monoisotopic (exact) mass is 652 g/mol. The molecule has 7 heteroatoms. The number of unbranched alkanes of at least 4 members (excludes halogenated alkanes) is 22. The van der Waals surface area contributed by atoms with E-state index in [0.717, 1.165) is 56.3 Å². The van der Waals surface area contributed by atoms with Crippen molar-refractivity contribution in [1.82, 2.24) is 0 Å². The van der Waals surface area contributed by atoms with Gasteiger partial charge in [0.25, 0.3) is 0 Å². The number of carbonyl (C=O) groups excluding carboxylic acids is 1. The second-order valence-corrected chi connectivity index (χ2v) is 13.8. The molecule has 0 aromatic heterocycles. The van der Waals surface area contributed by atoms with Crippen LogP contribution in [-0.2, 0) is 14.4 Å². The minimum Gasteiger partial charge on any atom is -0.550 e. The topological polar surface area (TPSA) is 115 Å². The Kier molecular flexibility index (Phi) is 31.7. The maximum absolute atomic E-state index is 11.0. The van der Waals surface area contributed by atoms with Crippen LogP contribution in [0.5, 0.6) is 0 Å². The standard InChI is InChI=1S/C39H73NO6/c1-2-3-4-5-6-7-8-9-10-11-12-13-14-15-16-17-18-19-20-21-22-26-33-40(34-27-23-30-37(41)42,35-28-24-31-38(43)44)36-29-25-32-39(45)46/h2-3H,4-36H2,1H3,(H2-,41,42,43,44,45,46)/b3-2+. The molecular formula is C39H73NO6. The summed E-state index contributed by atoms with van der Waals surface area (Å²) >= 11 is 0. The van der Waals surface area contributed by atoms with E-state index in [1.165, 1.54) is 122 Å². The number of carbonyl (C=O) groups is 3. The predicted octanol–water partition coefficient (Wildman–Crippen LogP) is 9.61. The van der Waals surface area contributed by atoms with Gasteiger partial charge in [-0.3, -0.25) is 9.59 Å². The lowest BCUT2D eigenvalue weighted by molar-refractivity contribution is -0.929. The van der Waals surface area contributed by atoms with Crippen molar-refractivity contribution < 1.29 is 34.2 Å². The first-order valence-corrected chi connectivity index (χ1v) is 19.4. The summed E-state index contributed by atoms with van der Waals surface area (Å²) in [7, 11) is 0. The summed E-state index contributed by atoms with van der Waals surface area (Å²) in [6, 6.07) is 0. The van der Waals surface area contributed by atoms with Crippen LogP contribution < -0.4 is 5.11 Å². The van der Waals surface area contributed by atoms with E-state index in [9.17, 15) is 19.5 Å². The summed E-state index contributed by atoms with van der Waals surface area (Å²) in [6.07, 6.45) is 35.9. The second-order valence-electron chi connectivity index (χ2n) is 13.8. The normalized spacial score (nSPS) is 11.8. The van der Waals surface area contributed by atoms with Gasteiger partial charge >= 0.3 is 11.9 Å². The molecule has 0 aromatic carbocycles. The SMILES string of the molecule is C/C=C/CCCCCCCCCCCCCCCCCCCCC[N+](CCCCC(=O)[O-])(CCCCC(=O)O)CCCCC(=O)O. The summed E-state index contributed by atoms with van der Waals surface area (Å²) in [5, 5.41) is 29.1.